The van der Waals surface area contributed by atoms with Crippen molar-refractivity contribution in [3.8, 4) is 5.75 Å². The van der Waals surface area contributed by atoms with Crippen LogP contribution in [0.5, 0.6) is 5.75 Å². The summed E-state index contributed by atoms with van der Waals surface area (Å²) in [5, 5.41) is 16.1. The molecule has 0 bridgehead atoms. The highest BCUT2D eigenvalue weighted by molar-refractivity contribution is 7.89. The Morgan fingerprint density at radius 1 is 1.30 bits per heavy atom. The average Bonchev–Trinajstić information content (AvgIpc) is 2.52. The summed E-state index contributed by atoms with van der Waals surface area (Å²) in [5.74, 6) is 0.357. The lowest BCUT2D eigenvalue weighted by molar-refractivity contribution is -0.386. The monoisotopic (exact) mass is 344 g/mol. The zero-order valence-electron chi connectivity index (χ0n) is 12.8. The van der Waals surface area contributed by atoms with Crippen LogP contribution in [0.25, 0.3) is 0 Å². The zero-order chi connectivity index (χ0) is 17.0. The van der Waals surface area contributed by atoms with Crippen molar-refractivity contribution in [1.82, 2.24) is 0 Å². The number of nitrogens with two attached hydrogens (primary N) is 1. The van der Waals surface area contributed by atoms with E-state index in [4.69, 9.17) is 14.6 Å². The zero-order valence-corrected chi connectivity index (χ0v) is 13.6. The summed E-state index contributed by atoms with van der Waals surface area (Å²) in [6.45, 7) is 0.353. The van der Waals surface area contributed by atoms with E-state index in [1.54, 1.807) is 7.11 Å². The molecule has 0 aromatic heterocycles. The minimum absolute atomic E-state index is 0.0521. The van der Waals surface area contributed by atoms with E-state index < -0.39 is 20.6 Å². The Hall–Kier alpha value is -1.71. The van der Waals surface area contributed by atoms with Crippen LogP contribution in [0.3, 0.4) is 0 Å². The first-order chi connectivity index (χ1) is 10.8. The Bertz CT molecular complexity index is 668. The van der Waals surface area contributed by atoms with Crippen LogP contribution in [0, 0.1) is 16.0 Å². The second kappa shape index (κ2) is 7.24. The predicted octanol–water partition coefficient (Wildman–Crippen LogP) is 1.83. The molecule has 0 heterocycles. The van der Waals surface area contributed by atoms with Crippen molar-refractivity contribution in [1.29, 1.82) is 0 Å². The van der Waals surface area contributed by atoms with Gasteiger partial charge in [-0.3, -0.25) is 10.1 Å². The minimum Gasteiger partial charge on any atom is -0.487 e. The molecule has 0 amide bonds. The molecule has 1 aromatic carbocycles. The maximum Gasteiger partial charge on any atom is 0.312 e. The summed E-state index contributed by atoms with van der Waals surface area (Å²) in [5.41, 5.74) is -0.401. The Balaban J connectivity index is 2.06. The quantitative estimate of drug-likeness (QED) is 0.620. The number of nitro benzene ring substituents is 1. The molecule has 0 radical (unpaired) electrons. The second-order valence-corrected chi connectivity index (χ2v) is 7.18. The molecule has 1 aliphatic rings. The molecule has 1 aliphatic carbocycles. The van der Waals surface area contributed by atoms with Crippen molar-refractivity contribution < 1.29 is 22.8 Å². The van der Waals surface area contributed by atoms with Crippen LogP contribution in [-0.4, -0.2) is 33.2 Å². The molecule has 2 N–H and O–H groups in total. The molecular formula is C14H20N2O6S. The number of rotatable bonds is 6. The number of sulfonamides is 1. The molecule has 1 aromatic rings. The van der Waals surface area contributed by atoms with Gasteiger partial charge in [0.05, 0.1) is 22.5 Å². The van der Waals surface area contributed by atoms with E-state index in [1.807, 2.05) is 0 Å². The van der Waals surface area contributed by atoms with Gasteiger partial charge in [0, 0.05) is 13.2 Å². The lowest BCUT2D eigenvalue weighted by Gasteiger charge is -2.27. The van der Waals surface area contributed by atoms with Gasteiger partial charge in [-0.15, -0.1) is 0 Å². The van der Waals surface area contributed by atoms with E-state index in [0.717, 1.165) is 31.7 Å². The number of primary sulfonamides is 1. The van der Waals surface area contributed by atoms with Crippen LogP contribution in [-0.2, 0) is 14.8 Å². The largest absolute Gasteiger partial charge is 0.487 e. The number of methoxy groups -OCH3 is 1. The van der Waals surface area contributed by atoms with Gasteiger partial charge in [0.1, 0.15) is 0 Å². The van der Waals surface area contributed by atoms with E-state index in [9.17, 15) is 18.5 Å². The highest BCUT2D eigenvalue weighted by atomic mass is 32.2. The third-order valence-corrected chi connectivity index (χ3v) is 4.97. The first kappa shape index (κ1) is 17.6. The summed E-state index contributed by atoms with van der Waals surface area (Å²) in [7, 11) is -2.30. The fourth-order valence-corrected chi connectivity index (χ4v) is 3.21. The molecule has 1 fully saturated rings. The van der Waals surface area contributed by atoms with E-state index in [2.05, 4.69) is 0 Å². The summed E-state index contributed by atoms with van der Waals surface area (Å²) in [6, 6.07) is 3.41. The van der Waals surface area contributed by atoms with Crippen LogP contribution in [0.15, 0.2) is 23.1 Å². The number of ether oxygens (including phenoxy) is 2. The van der Waals surface area contributed by atoms with E-state index in [0.29, 0.717) is 12.5 Å². The number of benzene rings is 1. The summed E-state index contributed by atoms with van der Waals surface area (Å²) < 4.78 is 33.4. The molecule has 1 saturated carbocycles. The van der Waals surface area contributed by atoms with Crippen molar-refractivity contribution in [3.05, 3.63) is 28.3 Å². The SMILES string of the molecule is COC1CCC(COc2ccc(S(N)(=O)=O)cc2[N+](=O)[O-])CC1. The number of hydrogen-bond donors (Lipinski definition) is 1. The average molecular weight is 344 g/mol. The van der Waals surface area contributed by atoms with Gasteiger partial charge in [-0.2, -0.15) is 0 Å². The van der Waals surface area contributed by atoms with Crippen molar-refractivity contribution in [2.45, 2.75) is 36.7 Å². The standard InChI is InChI=1S/C14H20N2O6S/c1-21-11-4-2-10(3-5-11)9-22-14-7-6-12(23(15,19)20)8-13(14)16(17)18/h6-8,10-11H,2-5,9H2,1H3,(H2,15,19,20). The van der Waals surface area contributed by atoms with Crippen LogP contribution in [0.2, 0.25) is 0 Å². The third kappa shape index (κ3) is 4.63. The van der Waals surface area contributed by atoms with Gasteiger partial charge < -0.3 is 9.47 Å². The van der Waals surface area contributed by atoms with Crippen molar-refractivity contribution in [2.75, 3.05) is 13.7 Å². The summed E-state index contributed by atoms with van der Waals surface area (Å²) >= 11 is 0. The van der Waals surface area contributed by atoms with Gasteiger partial charge in [-0.1, -0.05) is 0 Å². The molecular weight excluding hydrogens is 324 g/mol. The smallest absolute Gasteiger partial charge is 0.312 e. The summed E-state index contributed by atoms with van der Waals surface area (Å²) in [6.07, 6.45) is 4.02. The maximum atomic E-state index is 11.3. The molecule has 0 spiro atoms. The fourth-order valence-electron chi connectivity index (χ4n) is 2.68. The predicted molar refractivity (Wildman–Crippen MR) is 82.7 cm³/mol. The number of hydrogen-bond acceptors (Lipinski definition) is 6. The molecule has 0 aliphatic heterocycles. The van der Waals surface area contributed by atoms with Gasteiger partial charge in [0.2, 0.25) is 10.0 Å². The Labute approximate surface area is 134 Å². The second-order valence-electron chi connectivity index (χ2n) is 5.62. The van der Waals surface area contributed by atoms with E-state index >= 15 is 0 Å². The molecule has 128 valence electrons. The van der Waals surface area contributed by atoms with Crippen molar-refractivity contribution in [3.63, 3.8) is 0 Å². The van der Waals surface area contributed by atoms with Gasteiger partial charge in [-0.25, -0.2) is 13.6 Å². The number of nitro groups is 1. The van der Waals surface area contributed by atoms with Crippen molar-refractivity contribution in [2.24, 2.45) is 11.1 Å². The number of nitrogens with zero attached hydrogens (tertiary/aromatic N) is 1. The van der Waals surface area contributed by atoms with Crippen molar-refractivity contribution >= 4 is 15.7 Å². The van der Waals surface area contributed by atoms with Gasteiger partial charge in [0.25, 0.3) is 0 Å². The first-order valence-corrected chi connectivity index (χ1v) is 8.82. The molecule has 23 heavy (non-hydrogen) atoms. The maximum absolute atomic E-state index is 11.3. The van der Waals surface area contributed by atoms with E-state index in [-0.39, 0.29) is 16.7 Å². The Morgan fingerprint density at radius 3 is 2.48 bits per heavy atom. The lowest BCUT2D eigenvalue weighted by atomic mass is 9.88. The highest BCUT2D eigenvalue weighted by Gasteiger charge is 2.24. The normalized spacial score (nSPS) is 21.8. The highest BCUT2D eigenvalue weighted by Crippen LogP contribution is 2.31. The topological polar surface area (TPSA) is 122 Å². The molecule has 0 unspecified atom stereocenters. The molecule has 8 nitrogen and oxygen atoms in total. The Morgan fingerprint density at radius 2 is 1.96 bits per heavy atom. The fraction of sp³-hybridized carbons (Fsp3) is 0.571. The van der Waals surface area contributed by atoms with Crippen LogP contribution in [0.4, 0.5) is 5.69 Å². The van der Waals surface area contributed by atoms with Crippen LogP contribution in [0.1, 0.15) is 25.7 Å². The minimum atomic E-state index is -3.99. The lowest BCUT2D eigenvalue weighted by Crippen LogP contribution is -2.24. The van der Waals surface area contributed by atoms with Crippen LogP contribution < -0.4 is 9.88 Å². The molecule has 0 saturated heterocycles. The van der Waals surface area contributed by atoms with Gasteiger partial charge >= 0.3 is 5.69 Å². The third-order valence-electron chi connectivity index (χ3n) is 4.06. The first-order valence-electron chi connectivity index (χ1n) is 7.28. The molecule has 0 atom stereocenters. The molecule has 9 heteroatoms. The van der Waals surface area contributed by atoms with E-state index in [1.165, 1.54) is 12.1 Å². The Kier molecular flexibility index (Phi) is 5.55. The summed E-state index contributed by atoms with van der Waals surface area (Å²) in [4.78, 5) is 10.1. The van der Waals surface area contributed by atoms with Gasteiger partial charge in [0.15, 0.2) is 5.75 Å². The van der Waals surface area contributed by atoms with Crippen LogP contribution >= 0.6 is 0 Å². The van der Waals surface area contributed by atoms with Gasteiger partial charge in [-0.05, 0) is 43.7 Å². The molecule has 2 rings (SSSR count).